The zero-order valence-electron chi connectivity index (χ0n) is 19.2. The van der Waals surface area contributed by atoms with Crippen LogP contribution in [0.3, 0.4) is 0 Å². The molecule has 0 spiro atoms. The summed E-state index contributed by atoms with van der Waals surface area (Å²) in [4.78, 5) is 28.1. The van der Waals surface area contributed by atoms with Gasteiger partial charge in [0.05, 0.1) is 11.1 Å². The average Bonchev–Trinajstić information content (AvgIpc) is 2.87. The van der Waals surface area contributed by atoms with Crippen LogP contribution in [0.25, 0.3) is 11.0 Å². The first kappa shape index (κ1) is 23.8. The highest BCUT2D eigenvalue weighted by atomic mass is 79.9. The summed E-state index contributed by atoms with van der Waals surface area (Å²) in [5, 5.41) is 7.22. The van der Waals surface area contributed by atoms with Crippen LogP contribution in [0.4, 0.5) is 22.9 Å². The number of aromatic nitrogens is 3. The topological polar surface area (TPSA) is 106 Å². The number of halogens is 1. The van der Waals surface area contributed by atoms with Gasteiger partial charge in [-0.15, -0.1) is 0 Å². The Morgan fingerprint density at radius 1 is 0.972 bits per heavy atom. The molecule has 7 nitrogen and oxygen atoms in total. The number of benzene rings is 3. The zero-order chi connectivity index (χ0) is 25.1. The van der Waals surface area contributed by atoms with Crippen LogP contribution in [0, 0.1) is 6.92 Å². The van der Waals surface area contributed by atoms with Crippen molar-refractivity contribution in [2.24, 2.45) is 0 Å². The number of hydrogen-bond donors (Lipinski definition) is 3. The summed E-state index contributed by atoms with van der Waals surface area (Å²) >= 11 is 5.00. The molecule has 4 N–H and O–H groups in total. The third-order valence-electron chi connectivity index (χ3n) is 5.32. The van der Waals surface area contributed by atoms with Crippen molar-refractivity contribution in [1.29, 1.82) is 0 Å². The van der Waals surface area contributed by atoms with Crippen molar-refractivity contribution in [3.05, 3.63) is 101 Å². The van der Waals surface area contributed by atoms with E-state index < -0.39 is 0 Å². The smallest absolute Gasteiger partial charge is 0.255 e. The zero-order valence-corrected chi connectivity index (χ0v) is 21.6. The second-order valence-electron chi connectivity index (χ2n) is 8.02. The van der Waals surface area contributed by atoms with Crippen LogP contribution in [0.15, 0.2) is 99.5 Å². The lowest BCUT2D eigenvalue weighted by atomic mass is 10.2. The fraction of sp³-hybridized carbons (Fsp3) is 0.0370. The molecule has 5 aromatic rings. The van der Waals surface area contributed by atoms with Crippen LogP contribution in [-0.4, -0.2) is 20.9 Å². The minimum Gasteiger partial charge on any atom is -0.399 e. The Kier molecular flexibility index (Phi) is 6.84. The van der Waals surface area contributed by atoms with Crippen LogP contribution in [0.5, 0.6) is 0 Å². The van der Waals surface area contributed by atoms with E-state index in [0.717, 1.165) is 31.0 Å². The van der Waals surface area contributed by atoms with Crippen molar-refractivity contribution in [2.75, 3.05) is 16.4 Å². The van der Waals surface area contributed by atoms with Crippen LogP contribution in [0.1, 0.15) is 16.1 Å². The molecule has 3 aromatic carbocycles. The van der Waals surface area contributed by atoms with Crippen molar-refractivity contribution in [3.63, 3.8) is 0 Å². The van der Waals surface area contributed by atoms with Gasteiger partial charge in [0.1, 0.15) is 12.1 Å². The Morgan fingerprint density at radius 2 is 1.81 bits per heavy atom. The van der Waals surface area contributed by atoms with Gasteiger partial charge in [-0.3, -0.25) is 4.79 Å². The summed E-state index contributed by atoms with van der Waals surface area (Å²) in [6, 6.07) is 24.6. The maximum atomic E-state index is 12.9. The molecule has 9 heteroatoms. The second-order valence-corrected chi connectivity index (χ2v) is 10.0. The maximum Gasteiger partial charge on any atom is 0.255 e. The Balaban J connectivity index is 1.51. The number of fused-ring (bicyclic) bond motifs is 1. The lowest BCUT2D eigenvalue weighted by Crippen LogP contribution is -2.12. The molecule has 0 radical (unpaired) electrons. The van der Waals surface area contributed by atoms with Gasteiger partial charge in [-0.25, -0.2) is 15.0 Å². The lowest BCUT2D eigenvalue weighted by Gasteiger charge is -2.15. The predicted molar refractivity (Wildman–Crippen MR) is 149 cm³/mol. The molecule has 1 amide bonds. The highest BCUT2D eigenvalue weighted by Gasteiger charge is 2.13. The van der Waals surface area contributed by atoms with Crippen LogP contribution in [0.2, 0.25) is 0 Å². The van der Waals surface area contributed by atoms with E-state index in [1.807, 2.05) is 73.7 Å². The number of carbonyl (C=O) groups is 1. The maximum absolute atomic E-state index is 12.9. The average molecular weight is 557 g/mol. The van der Waals surface area contributed by atoms with E-state index in [1.165, 1.54) is 6.33 Å². The van der Waals surface area contributed by atoms with Gasteiger partial charge in [-0.1, -0.05) is 33.8 Å². The fourth-order valence-corrected chi connectivity index (χ4v) is 4.84. The molecule has 0 bridgehead atoms. The molecule has 0 fully saturated rings. The number of nitrogen functional groups attached to an aromatic ring is 1. The molecule has 5 rings (SSSR count). The molecule has 0 aliphatic carbocycles. The molecular formula is C27H21BrN6OS. The van der Waals surface area contributed by atoms with Gasteiger partial charge in [0, 0.05) is 36.9 Å². The molecule has 0 aliphatic rings. The fourth-order valence-electron chi connectivity index (χ4n) is 3.55. The lowest BCUT2D eigenvalue weighted by molar-refractivity contribution is 0.102. The molecule has 2 heterocycles. The molecule has 0 unspecified atom stereocenters. The van der Waals surface area contributed by atoms with E-state index in [2.05, 4.69) is 41.5 Å². The number of rotatable bonds is 6. The quantitative estimate of drug-likeness (QED) is 0.197. The Hall–Kier alpha value is -3.95. The monoisotopic (exact) mass is 556 g/mol. The summed E-state index contributed by atoms with van der Waals surface area (Å²) in [7, 11) is 0. The highest BCUT2D eigenvalue weighted by molar-refractivity contribution is 9.10. The number of nitrogens with zero attached hydrogens (tertiary/aromatic N) is 3. The van der Waals surface area contributed by atoms with E-state index in [1.54, 1.807) is 23.9 Å². The molecular weight excluding hydrogens is 536 g/mol. The van der Waals surface area contributed by atoms with Gasteiger partial charge in [-0.2, -0.15) is 0 Å². The van der Waals surface area contributed by atoms with Crippen LogP contribution >= 0.6 is 27.7 Å². The van der Waals surface area contributed by atoms with E-state index in [9.17, 15) is 4.79 Å². The third-order valence-corrected chi connectivity index (χ3v) is 6.90. The first-order valence-electron chi connectivity index (χ1n) is 11.0. The molecule has 36 heavy (non-hydrogen) atoms. The Labute approximate surface area is 220 Å². The van der Waals surface area contributed by atoms with E-state index in [4.69, 9.17) is 5.73 Å². The normalized spacial score (nSPS) is 10.8. The number of hydrogen-bond acceptors (Lipinski definition) is 7. The SMILES string of the molecule is Cc1ccc2c(Nc3cc(NC(=O)c4cccc(Br)c4)ccc3Sc3ccc(N)cc3)ncnc2n1. The summed E-state index contributed by atoms with van der Waals surface area (Å²) in [5.41, 5.74) is 10.0. The Bertz CT molecular complexity index is 1580. The van der Waals surface area contributed by atoms with E-state index >= 15 is 0 Å². The molecule has 0 atom stereocenters. The van der Waals surface area contributed by atoms with Gasteiger partial charge in [-0.05, 0) is 79.7 Å². The van der Waals surface area contributed by atoms with Gasteiger partial charge < -0.3 is 16.4 Å². The van der Waals surface area contributed by atoms with Crippen molar-refractivity contribution >= 4 is 67.5 Å². The summed E-state index contributed by atoms with van der Waals surface area (Å²) in [6.45, 7) is 1.92. The number of anilines is 4. The summed E-state index contributed by atoms with van der Waals surface area (Å²) < 4.78 is 0.840. The van der Waals surface area contributed by atoms with Gasteiger partial charge in [0.25, 0.3) is 5.91 Å². The summed E-state index contributed by atoms with van der Waals surface area (Å²) in [5.74, 6) is 0.426. The molecule has 0 saturated heterocycles. The second kappa shape index (κ2) is 10.3. The van der Waals surface area contributed by atoms with E-state index in [0.29, 0.717) is 28.4 Å². The van der Waals surface area contributed by atoms with Gasteiger partial charge in [0.2, 0.25) is 0 Å². The van der Waals surface area contributed by atoms with Crippen molar-refractivity contribution in [1.82, 2.24) is 15.0 Å². The van der Waals surface area contributed by atoms with Crippen LogP contribution < -0.4 is 16.4 Å². The predicted octanol–water partition coefficient (Wildman–Crippen LogP) is 6.83. The van der Waals surface area contributed by atoms with Crippen molar-refractivity contribution < 1.29 is 4.79 Å². The first-order chi connectivity index (χ1) is 17.4. The number of nitrogens with one attached hydrogen (secondary N) is 2. The van der Waals surface area contributed by atoms with Crippen molar-refractivity contribution in [3.8, 4) is 0 Å². The molecule has 2 aromatic heterocycles. The Morgan fingerprint density at radius 3 is 2.61 bits per heavy atom. The molecule has 178 valence electrons. The first-order valence-corrected chi connectivity index (χ1v) is 12.7. The number of aryl methyl sites for hydroxylation is 1. The molecule has 0 aliphatic heterocycles. The number of nitrogens with two attached hydrogens (primary N) is 1. The minimum absolute atomic E-state index is 0.201. The van der Waals surface area contributed by atoms with Gasteiger partial charge in [0.15, 0.2) is 5.65 Å². The number of amides is 1. The van der Waals surface area contributed by atoms with E-state index in [-0.39, 0.29) is 5.91 Å². The number of carbonyl (C=O) groups excluding carboxylic acids is 1. The highest BCUT2D eigenvalue weighted by Crippen LogP contribution is 2.37. The largest absolute Gasteiger partial charge is 0.399 e. The van der Waals surface area contributed by atoms with Crippen LogP contribution in [-0.2, 0) is 0 Å². The molecule has 0 saturated carbocycles. The minimum atomic E-state index is -0.201. The third kappa shape index (κ3) is 5.48. The standard InChI is InChI=1S/C27H21BrN6OS/c1-16-5-11-22-25(32-16)30-15-31-26(22)34-23-14-20(33-27(35)17-3-2-4-18(28)13-17)8-12-24(23)36-21-9-6-19(29)7-10-21/h2-15H,29H2,1H3,(H,33,35)(H,30,31,32,34). The number of pyridine rings is 1. The summed E-state index contributed by atoms with van der Waals surface area (Å²) in [6.07, 6.45) is 1.49. The van der Waals surface area contributed by atoms with Gasteiger partial charge >= 0.3 is 0 Å². The van der Waals surface area contributed by atoms with Crippen molar-refractivity contribution in [2.45, 2.75) is 16.7 Å².